The van der Waals surface area contributed by atoms with E-state index in [4.69, 9.17) is 33.7 Å². The molecule has 4 nitrogen and oxygen atoms in total. The molecule has 2 N–H and O–H groups in total. The molecule has 2 rings (SSSR count). The van der Waals surface area contributed by atoms with Crippen LogP contribution < -0.4 is 10.5 Å². The van der Waals surface area contributed by atoms with Gasteiger partial charge in [0.1, 0.15) is 11.8 Å². The summed E-state index contributed by atoms with van der Waals surface area (Å²) in [5.74, 6) is 0.554. The van der Waals surface area contributed by atoms with Crippen LogP contribution in [0.15, 0.2) is 42.5 Å². The van der Waals surface area contributed by atoms with Gasteiger partial charge in [-0.2, -0.15) is 0 Å². The van der Waals surface area contributed by atoms with Gasteiger partial charge in [0.15, 0.2) is 5.75 Å². The number of hydrogen-bond donors (Lipinski definition) is 1. The van der Waals surface area contributed by atoms with Crippen molar-refractivity contribution in [2.75, 3.05) is 7.11 Å². The first-order valence-electron chi connectivity index (χ1n) is 6.55. The zero-order valence-electron chi connectivity index (χ0n) is 11.9. The van der Waals surface area contributed by atoms with E-state index in [2.05, 4.69) is 4.74 Å². The molecule has 0 saturated carbocycles. The summed E-state index contributed by atoms with van der Waals surface area (Å²) in [7, 11) is 1.31. The Morgan fingerprint density at radius 1 is 1.14 bits per heavy atom. The van der Waals surface area contributed by atoms with Gasteiger partial charge in [0.25, 0.3) is 0 Å². The molecule has 2 aromatic carbocycles. The third-order valence-corrected chi connectivity index (χ3v) is 3.62. The van der Waals surface area contributed by atoms with E-state index >= 15 is 0 Å². The number of carbonyl (C=O) groups is 1. The molecular formula is C16H15Cl2NO3. The van der Waals surface area contributed by atoms with E-state index in [9.17, 15) is 4.79 Å². The first kappa shape index (κ1) is 16.6. The third-order valence-electron chi connectivity index (χ3n) is 3.02. The van der Waals surface area contributed by atoms with Crippen molar-refractivity contribution in [1.29, 1.82) is 0 Å². The van der Waals surface area contributed by atoms with E-state index < -0.39 is 12.0 Å². The van der Waals surface area contributed by atoms with Crippen LogP contribution in [0.1, 0.15) is 5.56 Å². The van der Waals surface area contributed by atoms with Gasteiger partial charge in [0.05, 0.1) is 17.2 Å². The van der Waals surface area contributed by atoms with Gasteiger partial charge in [-0.25, -0.2) is 0 Å². The maximum Gasteiger partial charge on any atom is 0.322 e. The van der Waals surface area contributed by atoms with Crippen LogP contribution >= 0.6 is 23.2 Å². The van der Waals surface area contributed by atoms with Crippen LogP contribution in [0, 0.1) is 0 Å². The van der Waals surface area contributed by atoms with E-state index in [-0.39, 0.29) is 0 Å². The van der Waals surface area contributed by atoms with Gasteiger partial charge in [-0.1, -0.05) is 41.4 Å². The molecule has 116 valence electrons. The molecule has 2 aromatic rings. The van der Waals surface area contributed by atoms with Gasteiger partial charge in [-0.15, -0.1) is 0 Å². The second kappa shape index (κ2) is 7.49. The highest BCUT2D eigenvalue weighted by molar-refractivity contribution is 6.37. The van der Waals surface area contributed by atoms with Crippen molar-refractivity contribution in [2.45, 2.75) is 12.5 Å². The zero-order valence-corrected chi connectivity index (χ0v) is 13.4. The molecule has 0 aliphatic heterocycles. The molecule has 22 heavy (non-hydrogen) atoms. The number of benzene rings is 2. The van der Waals surface area contributed by atoms with Crippen LogP contribution in [-0.4, -0.2) is 19.1 Å². The summed E-state index contributed by atoms with van der Waals surface area (Å²) in [4.78, 5) is 11.3. The van der Waals surface area contributed by atoms with Crippen molar-refractivity contribution >= 4 is 29.2 Å². The smallest absolute Gasteiger partial charge is 0.322 e. The third kappa shape index (κ3) is 4.13. The number of ether oxygens (including phenoxy) is 2. The predicted molar refractivity (Wildman–Crippen MR) is 86.7 cm³/mol. The Bertz CT molecular complexity index is 639. The van der Waals surface area contributed by atoms with E-state index in [0.717, 1.165) is 5.56 Å². The highest BCUT2D eigenvalue weighted by atomic mass is 35.5. The van der Waals surface area contributed by atoms with E-state index in [0.29, 0.717) is 28.0 Å². The van der Waals surface area contributed by atoms with Crippen LogP contribution in [0.4, 0.5) is 0 Å². The maximum atomic E-state index is 11.3. The SMILES string of the molecule is COC(=O)[C@H](N)Cc1ccc(Oc2c(Cl)cccc2Cl)cc1. The first-order valence-corrected chi connectivity index (χ1v) is 7.31. The Balaban J connectivity index is 2.08. The molecule has 0 unspecified atom stereocenters. The largest absolute Gasteiger partial charge is 0.468 e. The molecule has 0 heterocycles. The Hall–Kier alpha value is -1.75. The lowest BCUT2D eigenvalue weighted by molar-refractivity contribution is -0.142. The number of carbonyl (C=O) groups excluding carboxylic acids is 1. The molecule has 6 heteroatoms. The summed E-state index contributed by atoms with van der Waals surface area (Å²) < 4.78 is 10.3. The van der Waals surface area contributed by atoms with E-state index in [1.54, 1.807) is 30.3 Å². The summed E-state index contributed by atoms with van der Waals surface area (Å²) in [6, 6.07) is 11.6. The van der Waals surface area contributed by atoms with Crippen LogP contribution in [-0.2, 0) is 16.0 Å². The standard InChI is InChI=1S/C16H15Cl2NO3/c1-21-16(20)14(19)9-10-5-7-11(8-6-10)22-15-12(17)3-2-4-13(15)18/h2-8,14H,9,19H2,1H3/t14-/m1/s1. The number of halogens is 2. The van der Waals surface area contributed by atoms with Crippen LogP contribution in [0.2, 0.25) is 10.0 Å². The highest BCUT2D eigenvalue weighted by Crippen LogP contribution is 2.35. The molecule has 0 amide bonds. The summed E-state index contributed by atoms with van der Waals surface area (Å²) in [5, 5.41) is 0.869. The molecule has 0 aromatic heterocycles. The van der Waals surface area contributed by atoms with Crippen molar-refractivity contribution in [3.63, 3.8) is 0 Å². The lowest BCUT2D eigenvalue weighted by atomic mass is 10.1. The van der Waals surface area contributed by atoms with E-state index in [1.165, 1.54) is 7.11 Å². The number of methoxy groups -OCH3 is 1. The molecule has 0 aliphatic rings. The van der Waals surface area contributed by atoms with Crippen LogP contribution in [0.5, 0.6) is 11.5 Å². The average Bonchev–Trinajstić information content (AvgIpc) is 2.51. The maximum absolute atomic E-state index is 11.3. The van der Waals surface area contributed by atoms with Crippen molar-refractivity contribution < 1.29 is 14.3 Å². The second-order valence-electron chi connectivity index (χ2n) is 4.63. The summed E-state index contributed by atoms with van der Waals surface area (Å²) in [6.45, 7) is 0. The van der Waals surface area contributed by atoms with Gasteiger partial charge >= 0.3 is 5.97 Å². The van der Waals surface area contributed by atoms with Crippen molar-refractivity contribution in [3.05, 3.63) is 58.1 Å². The summed E-state index contributed by atoms with van der Waals surface area (Å²) in [5.41, 5.74) is 6.62. The Kier molecular flexibility index (Phi) is 5.66. The molecule has 1 atom stereocenters. The fraction of sp³-hybridized carbons (Fsp3) is 0.188. The Morgan fingerprint density at radius 3 is 2.27 bits per heavy atom. The van der Waals surface area contributed by atoms with Crippen LogP contribution in [0.3, 0.4) is 0 Å². The molecule has 0 bridgehead atoms. The number of esters is 1. The summed E-state index contributed by atoms with van der Waals surface area (Å²) in [6.07, 6.45) is 0.389. The zero-order chi connectivity index (χ0) is 16.1. The highest BCUT2D eigenvalue weighted by Gasteiger charge is 2.14. The van der Waals surface area contributed by atoms with Gasteiger partial charge < -0.3 is 15.2 Å². The number of para-hydroxylation sites is 1. The van der Waals surface area contributed by atoms with Crippen molar-refractivity contribution in [2.24, 2.45) is 5.73 Å². The minimum atomic E-state index is -0.685. The van der Waals surface area contributed by atoms with Crippen molar-refractivity contribution in [1.82, 2.24) is 0 Å². The summed E-state index contributed by atoms with van der Waals surface area (Å²) >= 11 is 12.1. The molecule has 0 radical (unpaired) electrons. The molecular weight excluding hydrogens is 325 g/mol. The van der Waals surface area contributed by atoms with E-state index in [1.807, 2.05) is 12.1 Å². The quantitative estimate of drug-likeness (QED) is 0.841. The average molecular weight is 340 g/mol. The molecule has 0 fully saturated rings. The first-order chi connectivity index (χ1) is 10.5. The number of nitrogens with two attached hydrogens (primary N) is 1. The lowest BCUT2D eigenvalue weighted by Crippen LogP contribution is -2.33. The Labute approximate surface area is 138 Å². The second-order valence-corrected chi connectivity index (χ2v) is 5.44. The van der Waals surface area contributed by atoms with Crippen molar-refractivity contribution in [3.8, 4) is 11.5 Å². The number of rotatable bonds is 5. The monoisotopic (exact) mass is 339 g/mol. The normalized spacial score (nSPS) is 11.8. The minimum absolute atomic E-state index is 0.389. The molecule has 0 spiro atoms. The Morgan fingerprint density at radius 2 is 1.73 bits per heavy atom. The van der Waals surface area contributed by atoms with Gasteiger partial charge in [-0.05, 0) is 36.2 Å². The van der Waals surface area contributed by atoms with Crippen LogP contribution in [0.25, 0.3) is 0 Å². The predicted octanol–water partition coefficient (Wildman–Crippen LogP) is 3.83. The van der Waals surface area contributed by atoms with Gasteiger partial charge in [0, 0.05) is 0 Å². The fourth-order valence-electron chi connectivity index (χ4n) is 1.88. The van der Waals surface area contributed by atoms with Gasteiger partial charge in [0.2, 0.25) is 0 Å². The lowest BCUT2D eigenvalue weighted by Gasteiger charge is -2.11. The van der Waals surface area contributed by atoms with Gasteiger partial charge in [-0.3, -0.25) is 4.79 Å². The molecule has 0 saturated heterocycles. The fourth-order valence-corrected chi connectivity index (χ4v) is 2.35. The molecule has 0 aliphatic carbocycles. The minimum Gasteiger partial charge on any atom is -0.468 e. The number of hydrogen-bond acceptors (Lipinski definition) is 4. The topological polar surface area (TPSA) is 61.5 Å².